The van der Waals surface area contributed by atoms with Gasteiger partial charge in [-0.15, -0.1) is 0 Å². The number of urea groups is 1. The number of nitrogens with zero attached hydrogens (tertiary/aromatic N) is 2. The molecule has 3 aromatic carbocycles. The highest BCUT2D eigenvalue weighted by molar-refractivity contribution is 5.90. The summed E-state index contributed by atoms with van der Waals surface area (Å²) in [5.41, 5.74) is 3.68. The molecule has 0 saturated carbocycles. The first-order valence-electron chi connectivity index (χ1n) is 11.2. The van der Waals surface area contributed by atoms with Crippen LogP contribution < -0.4 is 19.5 Å². The number of amides is 2. The number of hydrogen-bond donors (Lipinski definition) is 1. The number of aryl methyl sites for hydroxylation is 1. The Morgan fingerprint density at radius 1 is 1.09 bits per heavy atom. The third kappa shape index (κ3) is 5.29. The summed E-state index contributed by atoms with van der Waals surface area (Å²) in [5, 5.41) is 13.9. The number of nitro groups is 1. The van der Waals surface area contributed by atoms with Crippen LogP contribution in [0.3, 0.4) is 0 Å². The summed E-state index contributed by atoms with van der Waals surface area (Å²) >= 11 is 0. The molecule has 0 saturated heterocycles. The zero-order valence-corrected chi connectivity index (χ0v) is 19.8. The van der Waals surface area contributed by atoms with Gasteiger partial charge in [0.05, 0.1) is 25.2 Å². The third-order valence-corrected chi connectivity index (χ3v) is 5.99. The molecule has 1 N–H and O–H groups in total. The molecule has 1 atom stereocenters. The molecule has 1 aliphatic rings. The van der Waals surface area contributed by atoms with Crippen molar-refractivity contribution in [2.75, 3.05) is 32.7 Å². The van der Waals surface area contributed by atoms with Gasteiger partial charge in [-0.3, -0.25) is 10.1 Å². The minimum atomic E-state index is -0.460. The maximum atomic E-state index is 13.3. The van der Waals surface area contributed by atoms with Crippen LogP contribution in [0.15, 0.2) is 60.7 Å². The first-order valence-corrected chi connectivity index (χ1v) is 11.2. The standard InChI is InChI=1S/C26H27N3O6/c1-17-5-4-6-19(13-17)27-26(30)28-12-11-18-14-24(33-2)25(34-3)15-22(18)23(28)16-35-21-9-7-20(8-10-21)29(31)32/h4-10,13-15,23H,11-12,16H2,1-3H3,(H,27,30)/t23-/m0/s1. The molecule has 35 heavy (non-hydrogen) atoms. The van der Waals surface area contributed by atoms with Crippen molar-refractivity contribution in [1.29, 1.82) is 0 Å². The molecule has 0 aromatic heterocycles. The normalized spacial score (nSPS) is 14.6. The van der Waals surface area contributed by atoms with Crippen molar-refractivity contribution in [3.05, 3.63) is 87.5 Å². The van der Waals surface area contributed by atoms with Gasteiger partial charge in [-0.05, 0) is 66.4 Å². The number of hydrogen-bond acceptors (Lipinski definition) is 6. The first-order chi connectivity index (χ1) is 16.9. The van der Waals surface area contributed by atoms with Crippen LogP contribution in [0.5, 0.6) is 17.2 Å². The smallest absolute Gasteiger partial charge is 0.322 e. The number of nitro benzene ring substituents is 1. The van der Waals surface area contributed by atoms with E-state index < -0.39 is 11.0 Å². The molecule has 1 aliphatic heterocycles. The van der Waals surface area contributed by atoms with Gasteiger partial charge in [-0.2, -0.15) is 0 Å². The molecule has 182 valence electrons. The molecular weight excluding hydrogens is 450 g/mol. The lowest BCUT2D eigenvalue weighted by Gasteiger charge is -2.37. The lowest BCUT2D eigenvalue weighted by Crippen LogP contribution is -2.44. The fraction of sp³-hybridized carbons (Fsp3) is 0.269. The van der Waals surface area contributed by atoms with Crippen LogP contribution in [-0.2, 0) is 6.42 Å². The van der Waals surface area contributed by atoms with E-state index in [-0.39, 0.29) is 18.3 Å². The second-order valence-corrected chi connectivity index (χ2v) is 8.23. The van der Waals surface area contributed by atoms with Gasteiger partial charge in [0.1, 0.15) is 12.4 Å². The minimum absolute atomic E-state index is 0.0173. The summed E-state index contributed by atoms with van der Waals surface area (Å²) in [5.74, 6) is 1.66. The van der Waals surface area contributed by atoms with Crippen LogP contribution in [0.2, 0.25) is 0 Å². The van der Waals surface area contributed by atoms with Crippen molar-refractivity contribution in [3.63, 3.8) is 0 Å². The molecule has 0 aliphatic carbocycles. The zero-order valence-electron chi connectivity index (χ0n) is 19.8. The number of carbonyl (C=O) groups is 1. The van der Waals surface area contributed by atoms with E-state index in [1.54, 1.807) is 31.3 Å². The maximum Gasteiger partial charge on any atom is 0.322 e. The average Bonchev–Trinajstić information content (AvgIpc) is 2.86. The molecule has 4 rings (SSSR count). The second-order valence-electron chi connectivity index (χ2n) is 8.23. The first kappa shape index (κ1) is 23.9. The SMILES string of the molecule is COc1cc2c(cc1OC)[C@H](COc1ccc([N+](=O)[O-])cc1)N(C(=O)Nc1cccc(C)c1)CC2. The minimum Gasteiger partial charge on any atom is -0.493 e. The van der Waals surface area contributed by atoms with Gasteiger partial charge in [-0.25, -0.2) is 4.79 Å². The third-order valence-electron chi connectivity index (χ3n) is 5.99. The summed E-state index contributed by atoms with van der Waals surface area (Å²) in [4.78, 5) is 25.6. The van der Waals surface area contributed by atoms with Gasteiger partial charge >= 0.3 is 6.03 Å². The Morgan fingerprint density at radius 3 is 2.46 bits per heavy atom. The van der Waals surface area contributed by atoms with Crippen molar-refractivity contribution in [1.82, 2.24) is 4.90 Å². The van der Waals surface area contributed by atoms with E-state index in [2.05, 4.69) is 5.32 Å². The molecule has 0 unspecified atom stereocenters. The highest BCUT2D eigenvalue weighted by Crippen LogP contribution is 2.38. The Hall–Kier alpha value is -4.27. The zero-order chi connectivity index (χ0) is 24.9. The van der Waals surface area contributed by atoms with Crippen LogP contribution >= 0.6 is 0 Å². The number of methoxy groups -OCH3 is 2. The van der Waals surface area contributed by atoms with E-state index in [0.29, 0.717) is 35.9 Å². The van der Waals surface area contributed by atoms with Gasteiger partial charge in [0.15, 0.2) is 11.5 Å². The molecule has 9 nitrogen and oxygen atoms in total. The van der Waals surface area contributed by atoms with Crippen LogP contribution in [-0.4, -0.2) is 43.2 Å². The van der Waals surface area contributed by atoms with E-state index in [1.165, 1.54) is 12.1 Å². The Balaban J connectivity index is 1.63. The summed E-state index contributed by atoms with van der Waals surface area (Å²) in [6.45, 7) is 2.60. The maximum absolute atomic E-state index is 13.3. The molecule has 3 aromatic rings. The van der Waals surface area contributed by atoms with E-state index >= 15 is 0 Å². The quantitative estimate of drug-likeness (QED) is 0.374. The summed E-state index contributed by atoms with van der Waals surface area (Å²) in [7, 11) is 3.15. The highest BCUT2D eigenvalue weighted by atomic mass is 16.6. The Morgan fingerprint density at radius 2 is 1.80 bits per heavy atom. The van der Waals surface area contributed by atoms with Crippen LogP contribution in [0, 0.1) is 17.0 Å². The number of fused-ring (bicyclic) bond motifs is 1. The molecule has 0 bridgehead atoms. The molecule has 2 amide bonds. The monoisotopic (exact) mass is 477 g/mol. The molecule has 0 spiro atoms. The highest BCUT2D eigenvalue weighted by Gasteiger charge is 2.33. The molecule has 0 fully saturated rings. The van der Waals surface area contributed by atoms with Crippen LogP contribution in [0.25, 0.3) is 0 Å². The van der Waals surface area contributed by atoms with Crippen molar-refractivity contribution in [2.45, 2.75) is 19.4 Å². The molecular formula is C26H27N3O6. The van der Waals surface area contributed by atoms with E-state index in [4.69, 9.17) is 14.2 Å². The van der Waals surface area contributed by atoms with Crippen molar-refractivity contribution >= 4 is 17.4 Å². The number of ether oxygens (including phenoxy) is 3. The summed E-state index contributed by atoms with van der Waals surface area (Å²) in [6.07, 6.45) is 0.644. The van der Waals surface area contributed by atoms with Crippen molar-refractivity contribution < 1.29 is 23.9 Å². The fourth-order valence-corrected chi connectivity index (χ4v) is 4.21. The van der Waals surface area contributed by atoms with Crippen molar-refractivity contribution in [2.24, 2.45) is 0 Å². The number of anilines is 1. The Bertz CT molecular complexity index is 1230. The second kappa shape index (κ2) is 10.3. The van der Waals surface area contributed by atoms with Gasteiger partial charge < -0.3 is 24.4 Å². The largest absolute Gasteiger partial charge is 0.493 e. The number of carbonyl (C=O) groups excluding carboxylic acids is 1. The summed E-state index contributed by atoms with van der Waals surface area (Å²) in [6, 6.07) is 16.6. The number of non-ortho nitro benzene ring substituents is 1. The molecule has 0 radical (unpaired) electrons. The van der Waals surface area contributed by atoms with Gasteiger partial charge in [-0.1, -0.05) is 12.1 Å². The Kier molecular flexibility index (Phi) is 7.05. The Labute approximate surface area is 203 Å². The van der Waals surface area contributed by atoms with E-state index in [0.717, 1.165) is 16.7 Å². The van der Waals surface area contributed by atoms with Crippen LogP contribution in [0.1, 0.15) is 22.7 Å². The topological polar surface area (TPSA) is 103 Å². The lowest BCUT2D eigenvalue weighted by atomic mass is 9.92. The van der Waals surface area contributed by atoms with Gasteiger partial charge in [0.2, 0.25) is 0 Å². The van der Waals surface area contributed by atoms with Crippen molar-refractivity contribution in [3.8, 4) is 17.2 Å². The van der Waals surface area contributed by atoms with E-state index in [9.17, 15) is 14.9 Å². The summed E-state index contributed by atoms with van der Waals surface area (Å²) < 4.78 is 17.0. The fourth-order valence-electron chi connectivity index (χ4n) is 4.21. The lowest BCUT2D eigenvalue weighted by molar-refractivity contribution is -0.384. The predicted octanol–water partition coefficient (Wildman–Crippen LogP) is 5.13. The molecule has 1 heterocycles. The van der Waals surface area contributed by atoms with Gasteiger partial charge in [0, 0.05) is 24.4 Å². The van der Waals surface area contributed by atoms with E-state index in [1.807, 2.05) is 43.3 Å². The number of rotatable bonds is 7. The van der Waals surface area contributed by atoms with Gasteiger partial charge in [0.25, 0.3) is 5.69 Å². The number of nitrogens with one attached hydrogen (secondary N) is 1. The molecule has 9 heteroatoms. The average molecular weight is 478 g/mol. The predicted molar refractivity (Wildman–Crippen MR) is 131 cm³/mol. The van der Waals surface area contributed by atoms with Crippen LogP contribution in [0.4, 0.5) is 16.2 Å². The number of benzene rings is 3.